The lowest BCUT2D eigenvalue weighted by atomic mass is 10.1. The summed E-state index contributed by atoms with van der Waals surface area (Å²) in [6.45, 7) is 2.09. The van der Waals surface area contributed by atoms with Crippen molar-refractivity contribution >= 4 is 31.9 Å². The van der Waals surface area contributed by atoms with Gasteiger partial charge in [0, 0.05) is 22.8 Å². The first-order chi connectivity index (χ1) is 9.10. The van der Waals surface area contributed by atoms with Crippen LogP contribution in [0.1, 0.15) is 18.5 Å². The Labute approximate surface area is 129 Å². The van der Waals surface area contributed by atoms with Gasteiger partial charge in [-0.05, 0) is 53.7 Å². The van der Waals surface area contributed by atoms with Crippen LogP contribution in [0.5, 0.6) is 11.6 Å². The van der Waals surface area contributed by atoms with Crippen molar-refractivity contribution in [2.75, 3.05) is 7.05 Å². The van der Waals surface area contributed by atoms with E-state index < -0.39 is 0 Å². The van der Waals surface area contributed by atoms with Gasteiger partial charge in [0.25, 0.3) is 0 Å². The first-order valence-electron chi connectivity index (χ1n) is 5.86. The average molecular weight is 386 g/mol. The van der Waals surface area contributed by atoms with Crippen molar-refractivity contribution in [2.45, 2.75) is 13.0 Å². The molecule has 1 heterocycles. The average Bonchev–Trinajstić information content (AvgIpc) is 2.42. The number of aromatic nitrogens is 1. The van der Waals surface area contributed by atoms with Gasteiger partial charge in [0.05, 0.1) is 4.47 Å². The Hall–Kier alpha value is -0.910. The van der Waals surface area contributed by atoms with Gasteiger partial charge in [-0.3, -0.25) is 0 Å². The van der Waals surface area contributed by atoms with Gasteiger partial charge in [0.2, 0.25) is 5.88 Å². The van der Waals surface area contributed by atoms with Crippen LogP contribution in [0.25, 0.3) is 0 Å². The van der Waals surface area contributed by atoms with Crippen LogP contribution in [-0.2, 0) is 0 Å². The Kier molecular flexibility index (Phi) is 4.96. The number of nitrogens with one attached hydrogen (secondary N) is 1. The minimum absolute atomic E-state index is 0.279. The lowest BCUT2D eigenvalue weighted by molar-refractivity contribution is 0.459. The zero-order valence-electron chi connectivity index (χ0n) is 10.7. The lowest BCUT2D eigenvalue weighted by Crippen LogP contribution is -2.12. The molecule has 3 nitrogen and oxygen atoms in total. The van der Waals surface area contributed by atoms with Gasteiger partial charge in [-0.1, -0.05) is 22.0 Å². The molecule has 1 aromatic heterocycles. The van der Waals surface area contributed by atoms with Gasteiger partial charge in [-0.15, -0.1) is 0 Å². The molecule has 1 atom stereocenters. The number of benzene rings is 1. The minimum Gasteiger partial charge on any atom is -0.438 e. The van der Waals surface area contributed by atoms with Crippen LogP contribution < -0.4 is 10.1 Å². The molecule has 2 rings (SSSR count). The number of hydrogen-bond acceptors (Lipinski definition) is 3. The van der Waals surface area contributed by atoms with Gasteiger partial charge in [-0.2, -0.15) is 0 Å². The van der Waals surface area contributed by atoms with Crippen molar-refractivity contribution in [3.8, 4) is 11.6 Å². The smallest absolute Gasteiger partial charge is 0.219 e. The summed E-state index contributed by atoms with van der Waals surface area (Å²) < 4.78 is 7.62. The molecular weight excluding hydrogens is 372 g/mol. The van der Waals surface area contributed by atoms with Crippen molar-refractivity contribution in [3.63, 3.8) is 0 Å². The molecular formula is C14H14Br2N2O. The number of hydrogen-bond donors (Lipinski definition) is 1. The largest absolute Gasteiger partial charge is 0.438 e. The maximum atomic E-state index is 5.73. The number of pyridine rings is 1. The van der Waals surface area contributed by atoms with E-state index in [4.69, 9.17) is 4.74 Å². The molecule has 0 spiro atoms. The normalized spacial score (nSPS) is 12.2. The highest BCUT2D eigenvalue weighted by molar-refractivity contribution is 9.11. The second kappa shape index (κ2) is 6.50. The molecule has 5 heteroatoms. The fraction of sp³-hybridized carbons (Fsp3) is 0.214. The summed E-state index contributed by atoms with van der Waals surface area (Å²) in [5, 5.41) is 3.17. The summed E-state index contributed by atoms with van der Waals surface area (Å²) in [7, 11) is 1.92. The van der Waals surface area contributed by atoms with E-state index in [0.29, 0.717) is 5.88 Å². The summed E-state index contributed by atoms with van der Waals surface area (Å²) in [6.07, 6.45) is 1.82. The molecule has 2 aromatic rings. The Balaban J connectivity index is 2.15. The first kappa shape index (κ1) is 14.5. The monoisotopic (exact) mass is 384 g/mol. The number of ether oxygens (including phenoxy) is 1. The van der Waals surface area contributed by atoms with E-state index in [0.717, 1.165) is 20.3 Å². The third-order valence-electron chi connectivity index (χ3n) is 2.80. The molecule has 0 bridgehead atoms. The highest BCUT2D eigenvalue weighted by atomic mass is 79.9. The van der Waals surface area contributed by atoms with Gasteiger partial charge >= 0.3 is 0 Å². The van der Waals surface area contributed by atoms with Crippen molar-refractivity contribution in [3.05, 3.63) is 51.0 Å². The predicted molar refractivity (Wildman–Crippen MR) is 83.6 cm³/mol. The van der Waals surface area contributed by atoms with Crippen molar-refractivity contribution in [1.82, 2.24) is 10.3 Å². The second-order valence-corrected chi connectivity index (χ2v) is 5.89. The summed E-state index contributed by atoms with van der Waals surface area (Å²) in [4.78, 5) is 4.31. The van der Waals surface area contributed by atoms with Crippen LogP contribution in [0, 0.1) is 0 Å². The molecule has 0 radical (unpaired) electrons. The SMILES string of the molecule is CNC(C)c1ccc(Oc2ccc(Br)cc2Br)nc1. The van der Waals surface area contributed by atoms with E-state index in [1.165, 1.54) is 0 Å². The van der Waals surface area contributed by atoms with E-state index in [9.17, 15) is 0 Å². The van der Waals surface area contributed by atoms with E-state index in [1.807, 2.05) is 43.6 Å². The van der Waals surface area contributed by atoms with Crippen LogP contribution in [0.15, 0.2) is 45.5 Å². The van der Waals surface area contributed by atoms with Crippen molar-refractivity contribution in [1.29, 1.82) is 0 Å². The highest BCUT2D eigenvalue weighted by Gasteiger charge is 2.06. The Morgan fingerprint density at radius 2 is 2.00 bits per heavy atom. The zero-order chi connectivity index (χ0) is 13.8. The van der Waals surface area contributed by atoms with Gasteiger partial charge in [0.15, 0.2) is 0 Å². The van der Waals surface area contributed by atoms with E-state index >= 15 is 0 Å². The minimum atomic E-state index is 0.279. The molecule has 0 saturated carbocycles. The summed E-state index contributed by atoms with van der Waals surface area (Å²) in [5.74, 6) is 1.32. The van der Waals surface area contributed by atoms with Gasteiger partial charge in [-0.25, -0.2) is 4.98 Å². The Morgan fingerprint density at radius 1 is 1.21 bits per heavy atom. The third-order valence-corrected chi connectivity index (χ3v) is 3.91. The molecule has 0 fully saturated rings. The van der Waals surface area contributed by atoms with Gasteiger partial charge in [0.1, 0.15) is 5.75 Å². The molecule has 100 valence electrons. The van der Waals surface area contributed by atoms with E-state index in [2.05, 4.69) is 49.1 Å². The quantitative estimate of drug-likeness (QED) is 0.829. The summed E-state index contributed by atoms with van der Waals surface area (Å²) in [6, 6.07) is 9.92. The van der Waals surface area contributed by atoms with Crippen molar-refractivity contribution < 1.29 is 4.74 Å². The standard InChI is InChI=1S/C14H14Br2N2O/c1-9(17-2)10-3-6-14(18-8-10)19-13-5-4-11(15)7-12(13)16/h3-9,17H,1-2H3. The molecule has 0 aliphatic heterocycles. The highest BCUT2D eigenvalue weighted by Crippen LogP contribution is 2.31. The summed E-state index contributed by atoms with van der Waals surface area (Å²) >= 11 is 6.87. The number of rotatable bonds is 4. The summed E-state index contributed by atoms with van der Waals surface area (Å²) in [5.41, 5.74) is 1.13. The van der Waals surface area contributed by atoms with Crippen LogP contribution >= 0.6 is 31.9 Å². The third kappa shape index (κ3) is 3.78. The molecule has 1 aromatic carbocycles. The van der Waals surface area contributed by atoms with E-state index in [-0.39, 0.29) is 6.04 Å². The van der Waals surface area contributed by atoms with Crippen LogP contribution in [0.4, 0.5) is 0 Å². The lowest BCUT2D eigenvalue weighted by Gasteiger charge is -2.11. The topological polar surface area (TPSA) is 34.1 Å². The molecule has 0 saturated heterocycles. The molecule has 1 N–H and O–H groups in total. The fourth-order valence-corrected chi connectivity index (χ4v) is 2.67. The van der Waals surface area contributed by atoms with Crippen LogP contribution in [-0.4, -0.2) is 12.0 Å². The van der Waals surface area contributed by atoms with E-state index in [1.54, 1.807) is 0 Å². The molecule has 0 aliphatic rings. The Morgan fingerprint density at radius 3 is 2.58 bits per heavy atom. The molecule has 19 heavy (non-hydrogen) atoms. The maximum absolute atomic E-state index is 5.73. The maximum Gasteiger partial charge on any atom is 0.219 e. The first-order valence-corrected chi connectivity index (χ1v) is 7.45. The predicted octanol–water partition coefficient (Wildman–Crippen LogP) is 4.68. The van der Waals surface area contributed by atoms with Gasteiger partial charge < -0.3 is 10.1 Å². The molecule has 0 aliphatic carbocycles. The fourth-order valence-electron chi connectivity index (χ4n) is 1.55. The molecule has 1 unspecified atom stereocenters. The zero-order valence-corrected chi connectivity index (χ0v) is 13.8. The van der Waals surface area contributed by atoms with Crippen molar-refractivity contribution in [2.24, 2.45) is 0 Å². The second-order valence-electron chi connectivity index (χ2n) is 4.12. The number of halogens is 2. The van der Waals surface area contributed by atoms with Crippen LogP contribution in [0.2, 0.25) is 0 Å². The van der Waals surface area contributed by atoms with Crippen LogP contribution in [0.3, 0.4) is 0 Å². The Bertz CT molecular complexity index is 558. The number of nitrogens with zero attached hydrogens (tertiary/aromatic N) is 1. The molecule has 0 amide bonds.